The standard InChI is InChI=1S/C6H10N2O.ClH/c1-5-6(2-3-7)4-8-9-5;/h4H,2-3,7H2,1H3;1H. The molecule has 1 aromatic heterocycles. The number of halogens is 1. The molecule has 0 unspecified atom stereocenters. The minimum atomic E-state index is 0. The van der Waals surface area contributed by atoms with Gasteiger partial charge in [-0.05, 0) is 19.9 Å². The van der Waals surface area contributed by atoms with Crippen LogP contribution in [-0.2, 0) is 6.42 Å². The molecule has 0 aliphatic carbocycles. The predicted octanol–water partition coefficient (Wildman–Crippen LogP) is 0.906. The number of hydrogen-bond donors (Lipinski definition) is 1. The molecular formula is C6H11ClN2O. The molecule has 1 aromatic rings. The van der Waals surface area contributed by atoms with Crippen LogP contribution in [0.5, 0.6) is 0 Å². The molecule has 0 bridgehead atoms. The summed E-state index contributed by atoms with van der Waals surface area (Å²) in [6, 6.07) is 0. The molecule has 0 amide bonds. The van der Waals surface area contributed by atoms with E-state index in [-0.39, 0.29) is 12.4 Å². The van der Waals surface area contributed by atoms with Gasteiger partial charge in [-0.2, -0.15) is 0 Å². The van der Waals surface area contributed by atoms with E-state index in [1.807, 2.05) is 6.92 Å². The van der Waals surface area contributed by atoms with Gasteiger partial charge in [-0.3, -0.25) is 0 Å². The maximum absolute atomic E-state index is 5.32. The van der Waals surface area contributed by atoms with Crippen molar-refractivity contribution in [2.24, 2.45) is 5.73 Å². The Hall–Kier alpha value is -0.540. The second-order valence-electron chi connectivity index (χ2n) is 1.95. The minimum Gasteiger partial charge on any atom is -0.361 e. The molecule has 0 radical (unpaired) electrons. The van der Waals surface area contributed by atoms with Crippen LogP contribution in [0.4, 0.5) is 0 Å². The first-order valence-electron chi connectivity index (χ1n) is 2.95. The second-order valence-corrected chi connectivity index (χ2v) is 1.95. The van der Waals surface area contributed by atoms with Gasteiger partial charge in [0.2, 0.25) is 0 Å². The molecule has 3 nitrogen and oxygen atoms in total. The van der Waals surface area contributed by atoms with Crippen molar-refractivity contribution in [1.82, 2.24) is 5.16 Å². The molecule has 58 valence electrons. The zero-order valence-electron chi connectivity index (χ0n) is 5.83. The number of aryl methyl sites for hydroxylation is 1. The topological polar surface area (TPSA) is 52.0 Å². The Morgan fingerprint density at radius 3 is 2.80 bits per heavy atom. The van der Waals surface area contributed by atoms with Crippen molar-refractivity contribution >= 4 is 12.4 Å². The van der Waals surface area contributed by atoms with E-state index >= 15 is 0 Å². The van der Waals surface area contributed by atoms with E-state index in [0.29, 0.717) is 6.54 Å². The van der Waals surface area contributed by atoms with Crippen LogP contribution < -0.4 is 5.73 Å². The van der Waals surface area contributed by atoms with Gasteiger partial charge in [-0.25, -0.2) is 0 Å². The largest absolute Gasteiger partial charge is 0.361 e. The Morgan fingerprint density at radius 1 is 1.70 bits per heavy atom. The smallest absolute Gasteiger partial charge is 0.136 e. The summed E-state index contributed by atoms with van der Waals surface area (Å²) in [5.74, 6) is 0.875. The van der Waals surface area contributed by atoms with Gasteiger partial charge in [0.1, 0.15) is 5.76 Å². The van der Waals surface area contributed by atoms with Crippen LogP contribution in [0, 0.1) is 6.92 Å². The zero-order chi connectivity index (χ0) is 6.69. The average molecular weight is 163 g/mol. The summed E-state index contributed by atoms with van der Waals surface area (Å²) < 4.78 is 4.81. The summed E-state index contributed by atoms with van der Waals surface area (Å²) in [6.07, 6.45) is 2.57. The van der Waals surface area contributed by atoms with Crippen LogP contribution in [0.2, 0.25) is 0 Å². The van der Waals surface area contributed by atoms with Gasteiger partial charge in [0, 0.05) is 5.56 Å². The second kappa shape index (κ2) is 4.30. The van der Waals surface area contributed by atoms with Crippen molar-refractivity contribution in [3.63, 3.8) is 0 Å². The molecule has 10 heavy (non-hydrogen) atoms. The number of rotatable bonds is 2. The molecule has 0 saturated carbocycles. The lowest BCUT2D eigenvalue weighted by molar-refractivity contribution is 0.396. The highest BCUT2D eigenvalue weighted by Crippen LogP contribution is 2.04. The van der Waals surface area contributed by atoms with E-state index in [1.54, 1.807) is 6.20 Å². The highest BCUT2D eigenvalue weighted by atomic mass is 35.5. The third-order valence-electron chi connectivity index (χ3n) is 1.26. The normalized spacial score (nSPS) is 9.00. The van der Waals surface area contributed by atoms with Gasteiger partial charge < -0.3 is 10.3 Å². The molecule has 0 aliphatic rings. The number of nitrogens with zero attached hydrogens (tertiary/aromatic N) is 1. The first-order chi connectivity index (χ1) is 4.34. The average Bonchev–Trinajstić information content (AvgIpc) is 2.18. The quantitative estimate of drug-likeness (QED) is 0.703. The van der Waals surface area contributed by atoms with Gasteiger partial charge in [0.05, 0.1) is 6.20 Å². The van der Waals surface area contributed by atoms with E-state index in [9.17, 15) is 0 Å². The van der Waals surface area contributed by atoms with Gasteiger partial charge in [-0.1, -0.05) is 5.16 Å². The van der Waals surface area contributed by atoms with Crippen molar-refractivity contribution in [1.29, 1.82) is 0 Å². The Balaban J connectivity index is 0.000000810. The van der Waals surface area contributed by atoms with Crippen LogP contribution in [0.15, 0.2) is 10.7 Å². The highest BCUT2D eigenvalue weighted by Gasteiger charge is 1.98. The molecule has 0 saturated heterocycles. The number of nitrogens with two attached hydrogens (primary N) is 1. The summed E-state index contributed by atoms with van der Waals surface area (Å²) in [5.41, 5.74) is 6.43. The van der Waals surface area contributed by atoms with Crippen molar-refractivity contribution in [3.8, 4) is 0 Å². The van der Waals surface area contributed by atoms with Crippen LogP contribution in [0.3, 0.4) is 0 Å². The van der Waals surface area contributed by atoms with Crippen LogP contribution >= 0.6 is 12.4 Å². The Morgan fingerprint density at radius 2 is 2.40 bits per heavy atom. The summed E-state index contributed by atoms with van der Waals surface area (Å²) in [4.78, 5) is 0. The lowest BCUT2D eigenvalue weighted by Gasteiger charge is -1.89. The molecule has 0 aliphatic heterocycles. The lowest BCUT2D eigenvalue weighted by Crippen LogP contribution is -2.02. The number of hydrogen-bond acceptors (Lipinski definition) is 3. The van der Waals surface area contributed by atoms with Crippen molar-refractivity contribution in [3.05, 3.63) is 17.5 Å². The fourth-order valence-electron chi connectivity index (χ4n) is 0.715. The van der Waals surface area contributed by atoms with Gasteiger partial charge in [0.25, 0.3) is 0 Å². The lowest BCUT2D eigenvalue weighted by atomic mass is 10.2. The maximum Gasteiger partial charge on any atom is 0.136 e. The highest BCUT2D eigenvalue weighted by molar-refractivity contribution is 5.85. The Bertz CT molecular complexity index is 188. The molecule has 1 heterocycles. The molecule has 0 atom stereocenters. The Labute approximate surface area is 66.0 Å². The SMILES string of the molecule is Cc1oncc1CCN.Cl. The third kappa shape index (κ3) is 2.01. The summed E-state index contributed by atoms with van der Waals surface area (Å²) in [7, 11) is 0. The minimum absolute atomic E-state index is 0. The van der Waals surface area contributed by atoms with Crippen LogP contribution in [-0.4, -0.2) is 11.7 Å². The van der Waals surface area contributed by atoms with E-state index < -0.39 is 0 Å². The van der Waals surface area contributed by atoms with Crippen molar-refractivity contribution in [2.45, 2.75) is 13.3 Å². The van der Waals surface area contributed by atoms with Gasteiger partial charge in [-0.15, -0.1) is 12.4 Å². The van der Waals surface area contributed by atoms with Crippen LogP contribution in [0.25, 0.3) is 0 Å². The molecule has 0 spiro atoms. The summed E-state index contributed by atoms with van der Waals surface area (Å²) in [5, 5.41) is 3.61. The number of aromatic nitrogens is 1. The summed E-state index contributed by atoms with van der Waals surface area (Å²) >= 11 is 0. The molecule has 0 aromatic carbocycles. The van der Waals surface area contributed by atoms with Crippen LogP contribution in [0.1, 0.15) is 11.3 Å². The monoisotopic (exact) mass is 162 g/mol. The van der Waals surface area contributed by atoms with E-state index in [4.69, 9.17) is 10.3 Å². The van der Waals surface area contributed by atoms with Gasteiger partial charge >= 0.3 is 0 Å². The molecular weight excluding hydrogens is 152 g/mol. The van der Waals surface area contributed by atoms with Crippen molar-refractivity contribution < 1.29 is 4.52 Å². The maximum atomic E-state index is 5.32. The summed E-state index contributed by atoms with van der Waals surface area (Å²) in [6.45, 7) is 2.54. The molecule has 0 fully saturated rings. The third-order valence-corrected chi connectivity index (χ3v) is 1.26. The van der Waals surface area contributed by atoms with E-state index in [2.05, 4.69) is 5.16 Å². The predicted molar refractivity (Wildman–Crippen MR) is 41.2 cm³/mol. The fraction of sp³-hybridized carbons (Fsp3) is 0.500. The Kier molecular flexibility index (Phi) is 4.07. The molecule has 2 N–H and O–H groups in total. The van der Waals surface area contributed by atoms with Crippen molar-refractivity contribution in [2.75, 3.05) is 6.54 Å². The van der Waals surface area contributed by atoms with Gasteiger partial charge in [0.15, 0.2) is 0 Å². The first kappa shape index (κ1) is 9.46. The first-order valence-corrected chi connectivity index (χ1v) is 2.95. The molecule has 1 rings (SSSR count). The fourth-order valence-corrected chi connectivity index (χ4v) is 0.715. The van der Waals surface area contributed by atoms with E-state index in [0.717, 1.165) is 17.7 Å². The molecule has 4 heteroatoms. The van der Waals surface area contributed by atoms with E-state index in [1.165, 1.54) is 0 Å². The zero-order valence-corrected chi connectivity index (χ0v) is 6.65.